The zero-order valence-electron chi connectivity index (χ0n) is 8.81. The summed E-state index contributed by atoms with van der Waals surface area (Å²) in [6.07, 6.45) is 2.58. The van der Waals surface area contributed by atoms with Crippen molar-refractivity contribution in [3.05, 3.63) is 64.4 Å². The van der Waals surface area contributed by atoms with Crippen LogP contribution in [0.1, 0.15) is 17.3 Å². The highest BCUT2D eigenvalue weighted by atomic mass is 79.9. The minimum absolute atomic E-state index is 0.0395. The normalized spacial score (nSPS) is 12.4. The van der Waals surface area contributed by atoms with Crippen molar-refractivity contribution >= 4 is 15.9 Å². The van der Waals surface area contributed by atoms with Crippen molar-refractivity contribution in [3.8, 4) is 0 Å². The standard InChI is InChI=1S/C13H13BrN2/c14-11-6-4-10(5-7-11)9-12(15)13-3-1-2-8-16-13/h1-8,12H,9,15H2. The number of pyridine rings is 1. The molecule has 0 aliphatic heterocycles. The molecule has 2 aromatic rings. The summed E-state index contributed by atoms with van der Waals surface area (Å²) < 4.78 is 1.09. The number of nitrogens with zero attached hydrogens (tertiary/aromatic N) is 1. The molecule has 0 saturated heterocycles. The first-order valence-electron chi connectivity index (χ1n) is 5.16. The van der Waals surface area contributed by atoms with E-state index in [0.29, 0.717) is 0 Å². The molecule has 1 heterocycles. The maximum absolute atomic E-state index is 6.09. The van der Waals surface area contributed by atoms with E-state index in [1.165, 1.54) is 5.56 Å². The zero-order chi connectivity index (χ0) is 11.4. The minimum atomic E-state index is -0.0395. The van der Waals surface area contributed by atoms with E-state index in [1.54, 1.807) is 6.20 Å². The number of hydrogen-bond acceptors (Lipinski definition) is 2. The van der Waals surface area contributed by atoms with Gasteiger partial charge in [0.2, 0.25) is 0 Å². The van der Waals surface area contributed by atoms with Gasteiger partial charge in [-0.05, 0) is 36.2 Å². The maximum Gasteiger partial charge on any atom is 0.0574 e. The van der Waals surface area contributed by atoms with Crippen LogP contribution in [-0.4, -0.2) is 4.98 Å². The van der Waals surface area contributed by atoms with Crippen LogP contribution in [0.25, 0.3) is 0 Å². The van der Waals surface area contributed by atoms with Crippen LogP contribution in [0.15, 0.2) is 53.1 Å². The first kappa shape index (κ1) is 11.3. The largest absolute Gasteiger partial charge is 0.322 e. The fraction of sp³-hybridized carbons (Fsp3) is 0.154. The average Bonchev–Trinajstić information content (AvgIpc) is 2.33. The molecule has 0 amide bonds. The number of hydrogen-bond donors (Lipinski definition) is 1. The van der Waals surface area contributed by atoms with Crippen molar-refractivity contribution in [1.29, 1.82) is 0 Å². The Morgan fingerprint density at radius 2 is 1.88 bits per heavy atom. The molecule has 0 aliphatic rings. The molecule has 1 atom stereocenters. The Hall–Kier alpha value is -1.19. The van der Waals surface area contributed by atoms with Crippen molar-refractivity contribution in [2.75, 3.05) is 0 Å². The van der Waals surface area contributed by atoms with Crippen LogP contribution in [0, 0.1) is 0 Å². The first-order valence-corrected chi connectivity index (χ1v) is 5.96. The topological polar surface area (TPSA) is 38.9 Å². The Bertz CT molecular complexity index is 439. The van der Waals surface area contributed by atoms with E-state index in [0.717, 1.165) is 16.6 Å². The second kappa shape index (κ2) is 5.23. The van der Waals surface area contributed by atoms with E-state index < -0.39 is 0 Å². The van der Waals surface area contributed by atoms with E-state index >= 15 is 0 Å². The van der Waals surface area contributed by atoms with Crippen molar-refractivity contribution in [2.45, 2.75) is 12.5 Å². The molecule has 16 heavy (non-hydrogen) atoms. The van der Waals surface area contributed by atoms with Gasteiger partial charge in [0.05, 0.1) is 11.7 Å². The van der Waals surface area contributed by atoms with Crippen molar-refractivity contribution in [1.82, 2.24) is 4.98 Å². The third-order valence-corrected chi connectivity index (χ3v) is 2.97. The lowest BCUT2D eigenvalue weighted by Gasteiger charge is -2.10. The van der Waals surface area contributed by atoms with Gasteiger partial charge in [0.15, 0.2) is 0 Å². The summed E-state index contributed by atoms with van der Waals surface area (Å²) in [5, 5.41) is 0. The summed E-state index contributed by atoms with van der Waals surface area (Å²) in [7, 11) is 0. The van der Waals surface area contributed by atoms with E-state index in [9.17, 15) is 0 Å². The monoisotopic (exact) mass is 276 g/mol. The van der Waals surface area contributed by atoms with Crippen LogP contribution in [0.5, 0.6) is 0 Å². The van der Waals surface area contributed by atoms with Gasteiger partial charge in [-0.15, -0.1) is 0 Å². The predicted molar refractivity (Wildman–Crippen MR) is 69.0 cm³/mol. The summed E-state index contributed by atoms with van der Waals surface area (Å²) in [4.78, 5) is 4.26. The van der Waals surface area contributed by atoms with Gasteiger partial charge >= 0.3 is 0 Å². The fourth-order valence-electron chi connectivity index (χ4n) is 1.57. The molecule has 3 heteroatoms. The minimum Gasteiger partial charge on any atom is -0.322 e. The van der Waals surface area contributed by atoms with Crippen LogP contribution in [0.3, 0.4) is 0 Å². The molecule has 0 bridgehead atoms. The molecule has 1 unspecified atom stereocenters. The zero-order valence-corrected chi connectivity index (χ0v) is 10.4. The smallest absolute Gasteiger partial charge is 0.0574 e. The molecule has 2 rings (SSSR count). The Morgan fingerprint density at radius 1 is 1.12 bits per heavy atom. The quantitative estimate of drug-likeness (QED) is 0.936. The van der Waals surface area contributed by atoms with Crippen LogP contribution in [0.2, 0.25) is 0 Å². The molecule has 82 valence electrons. The van der Waals surface area contributed by atoms with Crippen molar-refractivity contribution in [3.63, 3.8) is 0 Å². The molecule has 2 N–H and O–H groups in total. The highest BCUT2D eigenvalue weighted by molar-refractivity contribution is 9.10. The summed E-state index contributed by atoms with van der Waals surface area (Å²) >= 11 is 3.41. The Labute approximate surface area is 104 Å². The van der Waals surface area contributed by atoms with E-state index in [2.05, 4.69) is 33.0 Å². The van der Waals surface area contributed by atoms with Crippen molar-refractivity contribution < 1.29 is 0 Å². The lowest BCUT2D eigenvalue weighted by molar-refractivity contribution is 0.696. The van der Waals surface area contributed by atoms with E-state index in [4.69, 9.17) is 5.73 Å². The lowest BCUT2D eigenvalue weighted by atomic mass is 10.0. The van der Waals surface area contributed by atoms with E-state index in [-0.39, 0.29) is 6.04 Å². The highest BCUT2D eigenvalue weighted by Crippen LogP contribution is 2.16. The van der Waals surface area contributed by atoms with Gasteiger partial charge in [-0.1, -0.05) is 34.1 Å². The highest BCUT2D eigenvalue weighted by Gasteiger charge is 2.07. The lowest BCUT2D eigenvalue weighted by Crippen LogP contribution is -2.14. The maximum atomic E-state index is 6.09. The molecule has 0 aliphatic carbocycles. The molecule has 0 spiro atoms. The van der Waals surface area contributed by atoms with Gasteiger partial charge < -0.3 is 5.73 Å². The van der Waals surface area contributed by atoms with Gasteiger partial charge in [-0.2, -0.15) is 0 Å². The third kappa shape index (κ3) is 2.90. The van der Waals surface area contributed by atoms with Crippen LogP contribution in [-0.2, 0) is 6.42 Å². The number of benzene rings is 1. The average molecular weight is 277 g/mol. The molecular weight excluding hydrogens is 264 g/mol. The van der Waals surface area contributed by atoms with E-state index in [1.807, 2.05) is 30.3 Å². The van der Waals surface area contributed by atoms with Crippen LogP contribution in [0.4, 0.5) is 0 Å². The second-order valence-electron chi connectivity index (χ2n) is 3.69. The second-order valence-corrected chi connectivity index (χ2v) is 4.61. The Balaban J connectivity index is 2.08. The van der Waals surface area contributed by atoms with Gasteiger partial charge in [-0.3, -0.25) is 4.98 Å². The molecule has 0 radical (unpaired) electrons. The first-order chi connectivity index (χ1) is 7.75. The SMILES string of the molecule is NC(Cc1ccc(Br)cc1)c1ccccn1. The Morgan fingerprint density at radius 3 is 2.50 bits per heavy atom. The Kier molecular flexibility index (Phi) is 3.70. The van der Waals surface area contributed by atoms with Crippen molar-refractivity contribution in [2.24, 2.45) is 5.73 Å². The van der Waals surface area contributed by atoms with Gasteiger partial charge in [0, 0.05) is 10.7 Å². The van der Waals surface area contributed by atoms with Gasteiger partial charge in [0.25, 0.3) is 0 Å². The molecule has 2 nitrogen and oxygen atoms in total. The summed E-state index contributed by atoms with van der Waals surface area (Å²) in [6, 6.07) is 14.0. The van der Waals surface area contributed by atoms with Crippen LogP contribution < -0.4 is 5.73 Å². The number of aromatic nitrogens is 1. The fourth-order valence-corrected chi connectivity index (χ4v) is 1.84. The van der Waals surface area contributed by atoms with Crippen LogP contribution >= 0.6 is 15.9 Å². The molecular formula is C13H13BrN2. The molecule has 0 saturated carbocycles. The summed E-state index contributed by atoms with van der Waals surface area (Å²) in [5.41, 5.74) is 8.25. The summed E-state index contributed by atoms with van der Waals surface area (Å²) in [5.74, 6) is 0. The van der Waals surface area contributed by atoms with Gasteiger partial charge in [0.1, 0.15) is 0 Å². The summed E-state index contributed by atoms with van der Waals surface area (Å²) in [6.45, 7) is 0. The number of halogens is 1. The molecule has 1 aromatic heterocycles. The number of rotatable bonds is 3. The third-order valence-electron chi connectivity index (χ3n) is 2.44. The predicted octanol–water partition coefficient (Wildman–Crippen LogP) is 3.09. The number of nitrogens with two attached hydrogens (primary N) is 1. The molecule has 1 aromatic carbocycles. The molecule has 0 fully saturated rings. The van der Waals surface area contributed by atoms with Gasteiger partial charge in [-0.25, -0.2) is 0 Å².